The summed E-state index contributed by atoms with van der Waals surface area (Å²) in [7, 11) is 0. The van der Waals surface area contributed by atoms with Crippen LogP contribution in [0, 0.1) is 25.2 Å². The maximum absolute atomic E-state index is 12.7. The number of aromatic amines is 1. The van der Waals surface area contributed by atoms with Gasteiger partial charge in [-0.2, -0.15) is 5.26 Å². The molecule has 2 heterocycles. The number of hydrogen-bond acceptors (Lipinski definition) is 5. The van der Waals surface area contributed by atoms with Crippen LogP contribution in [0.5, 0.6) is 0 Å². The highest BCUT2D eigenvalue weighted by Crippen LogP contribution is 2.36. The van der Waals surface area contributed by atoms with E-state index in [1.165, 1.54) is 31.0 Å². The number of nitrogens with zero attached hydrogens (tertiary/aromatic N) is 4. The molecule has 0 aliphatic heterocycles. The molecule has 8 heteroatoms. The highest BCUT2D eigenvalue weighted by Gasteiger charge is 2.26. The summed E-state index contributed by atoms with van der Waals surface area (Å²) in [6.07, 6.45) is 5.81. The van der Waals surface area contributed by atoms with Gasteiger partial charge in [0.05, 0.1) is 11.3 Å². The van der Waals surface area contributed by atoms with Gasteiger partial charge in [-0.1, -0.05) is 51.8 Å². The maximum atomic E-state index is 12.7. The molecule has 0 unspecified atom stereocenters. The van der Waals surface area contributed by atoms with Crippen molar-refractivity contribution in [1.82, 2.24) is 19.7 Å². The number of amides is 1. The zero-order valence-corrected chi connectivity index (χ0v) is 18.7. The van der Waals surface area contributed by atoms with Gasteiger partial charge >= 0.3 is 0 Å². The van der Waals surface area contributed by atoms with Crippen LogP contribution in [0.3, 0.4) is 0 Å². The van der Waals surface area contributed by atoms with Crippen LogP contribution >= 0.6 is 11.8 Å². The Bertz CT molecular complexity index is 924. The van der Waals surface area contributed by atoms with Crippen LogP contribution in [0.15, 0.2) is 5.16 Å². The van der Waals surface area contributed by atoms with Gasteiger partial charge in [0.1, 0.15) is 17.7 Å². The van der Waals surface area contributed by atoms with Crippen molar-refractivity contribution in [2.45, 2.75) is 83.3 Å². The summed E-state index contributed by atoms with van der Waals surface area (Å²) >= 11 is 1.29. The number of hydrogen-bond donors (Lipinski definition) is 2. The van der Waals surface area contributed by atoms with Gasteiger partial charge in [0.15, 0.2) is 0 Å². The Morgan fingerprint density at radius 2 is 2.00 bits per heavy atom. The molecule has 0 aromatic carbocycles. The zero-order chi connectivity index (χ0) is 21.2. The molecule has 2 aromatic rings. The predicted octanol–water partition coefficient (Wildman–Crippen LogP) is 4.63. The first-order chi connectivity index (χ1) is 13.7. The first-order valence-corrected chi connectivity index (χ1v) is 11.2. The van der Waals surface area contributed by atoms with E-state index in [-0.39, 0.29) is 17.1 Å². The van der Waals surface area contributed by atoms with E-state index in [0.29, 0.717) is 22.6 Å². The monoisotopic (exact) mass is 414 g/mol. The normalized spacial score (nSPS) is 15.3. The SMILES string of the molecule is Cc1c(C#N)c(NC(=O)CSc2n[nH]c(C(C)(C)C)n2)n(C2CCCCC2)c1C. The number of nitrogens with one attached hydrogen (secondary N) is 2. The summed E-state index contributed by atoms with van der Waals surface area (Å²) in [5, 5.41) is 20.4. The van der Waals surface area contributed by atoms with E-state index >= 15 is 0 Å². The predicted molar refractivity (Wildman–Crippen MR) is 115 cm³/mol. The first-order valence-electron chi connectivity index (χ1n) is 10.2. The number of H-pyrrole nitrogens is 1. The second kappa shape index (κ2) is 8.62. The first kappa shape index (κ1) is 21.4. The summed E-state index contributed by atoms with van der Waals surface area (Å²) in [6.45, 7) is 10.2. The molecule has 0 spiro atoms. The van der Waals surface area contributed by atoms with E-state index in [9.17, 15) is 10.1 Å². The molecular weight excluding hydrogens is 384 g/mol. The molecule has 0 bridgehead atoms. The van der Waals surface area contributed by atoms with Crippen molar-refractivity contribution in [1.29, 1.82) is 5.26 Å². The topological polar surface area (TPSA) is 99.4 Å². The summed E-state index contributed by atoms with van der Waals surface area (Å²) in [5.74, 6) is 1.48. The van der Waals surface area contributed by atoms with Crippen LogP contribution < -0.4 is 5.32 Å². The van der Waals surface area contributed by atoms with Crippen molar-refractivity contribution >= 4 is 23.5 Å². The van der Waals surface area contributed by atoms with E-state index in [1.807, 2.05) is 13.8 Å². The minimum absolute atomic E-state index is 0.119. The molecule has 2 N–H and O–H groups in total. The molecule has 1 aliphatic carbocycles. The number of rotatable bonds is 5. The second-order valence-corrected chi connectivity index (χ2v) is 9.70. The molecule has 29 heavy (non-hydrogen) atoms. The van der Waals surface area contributed by atoms with Crippen LogP contribution in [0.25, 0.3) is 0 Å². The average molecular weight is 415 g/mol. The highest BCUT2D eigenvalue weighted by atomic mass is 32.2. The van der Waals surface area contributed by atoms with Crippen LogP contribution in [0.1, 0.15) is 81.6 Å². The number of carbonyl (C=O) groups excluding carboxylic acids is 1. The molecule has 0 saturated heterocycles. The second-order valence-electron chi connectivity index (χ2n) is 8.76. The number of thioether (sulfide) groups is 1. The van der Waals surface area contributed by atoms with E-state index < -0.39 is 0 Å². The fourth-order valence-corrected chi connectivity index (χ4v) is 4.43. The zero-order valence-electron chi connectivity index (χ0n) is 17.9. The van der Waals surface area contributed by atoms with Gasteiger partial charge in [-0.3, -0.25) is 9.89 Å². The molecule has 1 amide bonds. The van der Waals surface area contributed by atoms with Gasteiger partial charge in [-0.15, -0.1) is 5.10 Å². The minimum atomic E-state index is -0.150. The highest BCUT2D eigenvalue weighted by molar-refractivity contribution is 7.99. The van der Waals surface area contributed by atoms with E-state index in [0.717, 1.165) is 29.9 Å². The minimum Gasteiger partial charge on any atom is -0.327 e. The van der Waals surface area contributed by atoms with Gasteiger partial charge in [-0.05, 0) is 32.3 Å². The lowest BCUT2D eigenvalue weighted by Gasteiger charge is -2.27. The van der Waals surface area contributed by atoms with E-state index in [4.69, 9.17) is 0 Å². The number of nitriles is 1. The smallest absolute Gasteiger partial charge is 0.235 e. The van der Waals surface area contributed by atoms with Gasteiger partial charge < -0.3 is 9.88 Å². The summed E-state index contributed by atoms with van der Waals surface area (Å²) in [4.78, 5) is 17.2. The fraction of sp³-hybridized carbons (Fsp3) is 0.619. The lowest BCUT2D eigenvalue weighted by atomic mass is 9.95. The van der Waals surface area contributed by atoms with Crippen LogP contribution in [0.4, 0.5) is 5.82 Å². The Hall–Kier alpha value is -2.27. The summed E-state index contributed by atoms with van der Waals surface area (Å²) in [6, 6.07) is 2.63. The Morgan fingerprint density at radius 3 is 2.59 bits per heavy atom. The average Bonchev–Trinajstić information content (AvgIpc) is 3.25. The molecule has 3 rings (SSSR count). The molecule has 2 aromatic heterocycles. The number of carbonyl (C=O) groups is 1. The summed E-state index contributed by atoms with van der Waals surface area (Å²) in [5.41, 5.74) is 2.47. The molecule has 1 fully saturated rings. The van der Waals surface area contributed by atoms with Crippen molar-refractivity contribution in [3.63, 3.8) is 0 Å². The Labute approximate surface area is 176 Å². The lowest BCUT2D eigenvalue weighted by molar-refractivity contribution is -0.113. The Balaban J connectivity index is 1.75. The lowest BCUT2D eigenvalue weighted by Crippen LogP contribution is -2.21. The van der Waals surface area contributed by atoms with Crippen molar-refractivity contribution < 1.29 is 4.79 Å². The van der Waals surface area contributed by atoms with Crippen molar-refractivity contribution in [2.24, 2.45) is 0 Å². The maximum Gasteiger partial charge on any atom is 0.235 e. The Kier molecular flexibility index (Phi) is 6.37. The molecule has 1 saturated carbocycles. The van der Waals surface area contributed by atoms with Gasteiger partial charge in [-0.25, -0.2) is 4.98 Å². The van der Waals surface area contributed by atoms with Gasteiger partial charge in [0.25, 0.3) is 0 Å². The van der Waals surface area contributed by atoms with Gasteiger partial charge in [0, 0.05) is 17.2 Å². The Morgan fingerprint density at radius 1 is 1.31 bits per heavy atom. The molecule has 7 nitrogen and oxygen atoms in total. The number of aromatic nitrogens is 4. The number of anilines is 1. The largest absolute Gasteiger partial charge is 0.327 e. The molecular formula is C21H30N6OS. The van der Waals surface area contributed by atoms with Crippen molar-refractivity contribution in [3.05, 3.63) is 22.6 Å². The van der Waals surface area contributed by atoms with Crippen LogP contribution in [0.2, 0.25) is 0 Å². The van der Waals surface area contributed by atoms with Gasteiger partial charge in [0.2, 0.25) is 11.1 Å². The van der Waals surface area contributed by atoms with Crippen LogP contribution in [-0.2, 0) is 10.2 Å². The summed E-state index contributed by atoms with van der Waals surface area (Å²) < 4.78 is 2.18. The third-order valence-corrected chi connectivity index (χ3v) is 6.42. The molecule has 156 valence electrons. The third kappa shape index (κ3) is 4.67. The molecule has 0 atom stereocenters. The van der Waals surface area contributed by atoms with Crippen molar-refractivity contribution in [3.8, 4) is 6.07 Å². The van der Waals surface area contributed by atoms with E-state index in [2.05, 4.69) is 51.9 Å². The fourth-order valence-electron chi connectivity index (χ4n) is 3.83. The molecule has 1 aliphatic rings. The molecule has 0 radical (unpaired) electrons. The van der Waals surface area contributed by atoms with E-state index in [1.54, 1.807) is 0 Å². The van der Waals surface area contributed by atoms with Crippen molar-refractivity contribution in [2.75, 3.05) is 11.1 Å². The third-order valence-electron chi connectivity index (χ3n) is 5.57. The quantitative estimate of drug-likeness (QED) is 0.695. The standard InChI is InChI=1S/C21H30N6OS/c1-13-14(2)27(15-9-7-6-8-10-15)18(16(13)11-22)23-17(28)12-29-20-24-19(25-26-20)21(3,4)5/h15H,6-10,12H2,1-5H3,(H,23,28)(H,24,25,26). The van der Waals surface area contributed by atoms with Crippen LogP contribution in [-0.4, -0.2) is 31.4 Å².